The third kappa shape index (κ3) is 2.11. The van der Waals surface area contributed by atoms with E-state index in [1.165, 1.54) is 18.0 Å². The molecule has 0 N–H and O–H groups in total. The van der Waals surface area contributed by atoms with Crippen molar-refractivity contribution in [2.45, 2.75) is 6.92 Å². The van der Waals surface area contributed by atoms with Crippen LogP contribution >= 0.6 is 11.6 Å². The summed E-state index contributed by atoms with van der Waals surface area (Å²) in [6, 6.07) is 5.22. The zero-order valence-electron chi connectivity index (χ0n) is 10.4. The van der Waals surface area contributed by atoms with E-state index in [0.29, 0.717) is 22.0 Å². The van der Waals surface area contributed by atoms with Crippen LogP contribution in [0.1, 0.15) is 21.6 Å². The maximum Gasteiger partial charge on any atom is 0.214 e. The highest BCUT2D eigenvalue weighted by Crippen LogP contribution is 2.23. The Bertz CT molecular complexity index is 605. The van der Waals surface area contributed by atoms with Crippen molar-refractivity contribution < 1.29 is 9.53 Å². The molecule has 18 heavy (non-hydrogen) atoms. The molecule has 2 rings (SSSR count). The number of hydrogen-bond donors (Lipinski definition) is 0. The second-order valence-corrected chi connectivity index (χ2v) is 4.39. The first-order valence-corrected chi connectivity index (χ1v) is 5.79. The fourth-order valence-electron chi connectivity index (χ4n) is 1.70. The second-order valence-electron chi connectivity index (χ2n) is 3.98. The number of carbonyl (C=O) groups excluding carboxylic acids is 1. The van der Waals surface area contributed by atoms with Crippen molar-refractivity contribution in [1.82, 2.24) is 9.78 Å². The van der Waals surface area contributed by atoms with E-state index in [9.17, 15) is 4.79 Å². The van der Waals surface area contributed by atoms with Gasteiger partial charge in [-0.15, -0.1) is 0 Å². The molecule has 1 aromatic heterocycles. The topological polar surface area (TPSA) is 44.1 Å². The Hall–Kier alpha value is -1.81. The van der Waals surface area contributed by atoms with E-state index in [4.69, 9.17) is 16.3 Å². The minimum atomic E-state index is -0.159. The third-order valence-electron chi connectivity index (χ3n) is 2.77. The molecule has 1 aromatic carbocycles. The Morgan fingerprint density at radius 1 is 1.44 bits per heavy atom. The molecule has 94 valence electrons. The van der Waals surface area contributed by atoms with Gasteiger partial charge in [-0.05, 0) is 18.6 Å². The van der Waals surface area contributed by atoms with E-state index in [0.717, 1.165) is 5.56 Å². The Labute approximate surface area is 110 Å². The number of ketones is 1. The van der Waals surface area contributed by atoms with Gasteiger partial charge in [0.2, 0.25) is 5.78 Å². The number of carbonyl (C=O) groups is 1. The summed E-state index contributed by atoms with van der Waals surface area (Å²) >= 11 is 6.03. The molecule has 0 aliphatic carbocycles. The van der Waals surface area contributed by atoms with E-state index in [-0.39, 0.29) is 5.78 Å². The van der Waals surface area contributed by atoms with Crippen molar-refractivity contribution in [3.05, 3.63) is 46.2 Å². The van der Waals surface area contributed by atoms with Crippen LogP contribution in [0.15, 0.2) is 24.4 Å². The van der Waals surface area contributed by atoms with Crippen molar-refractivity contribution in [2.24, 2.45) is 7.05 Å². The van der Waals surface area contributed by atoms with Gasteiger partial charge in [0.1, 0.15) is 0 Å². The molecule has 2 aromatic rings. The molecular formula is C13H13ClN2O2. The number of ether oxygens (including phenoxy) is 1. The Kier molecular flexibility index (Phi) is 3.39. The van der Waals surface area contributed by atoms with Gasteiger partial charge >= 0.3 is 0 Å². The molecule has 0 amide bonds. The molecule has 0 radical (unpaired) electrons. The molecule has 0 unspecified atom stereocenters. The monoisotopic (exact) mass is 264 g/mol. The smallest absolute Gasteiger partial charge is 0.214 e. The first kappa shape index (κ1) is 12.6. The average molecular weight is 265 g/mol. The van der Waals surface area contributed by atoms with Gasteiger partial charge in [-0.1, -0.05) is 23.7 Å². The van der Waals surface area contributed by atoms with Crippen LogP contribution in [0, 0.1) is 6.92 Å². The Morgan fingerprint density at radius 2 is 2.17 bits per heavy atom. The van der Waals surface area contributed by atoms with Gasteiger partial charge in [-0.2, -0.15) is 5.10 Å². The summed E-state index contributed by atoms with van der Waals surface area (Å²) in [7, 11) is 3.21. The predicted molar refractivity (Wildman–Crippen MR) is 69.4 cm³/mol. The van der Waals surface area contributed by atoms with Crippen LogP contribution in [-0.2, 0) is 7.05 Å². The van der Waals surface area contributed by atoms with Crippen molar-refractivity contribution in [3.8, 4) is 5.75 Å². The van der Waals surface area contributed by atoms with Crippen LogP contribution in [0.25, 0.3) is 0 Å². The number of nitrogens with zero attached hydrogens (tertiary/aromatic N) is 2. The number of hydrogen-bond acceptors (Lipinski definition) is 3. The van der Waals surface area contributed by atoms with E-state index in [1.54, 1.807) is 19.2 Å². The third-order valence-corrected chi connectivity index (χ3v) is 3.18. The number of halogens is 1. The molecule has 4 nitrogen and oxygen atoms in total. The minimum Gasteiger partial charge on any atom is -0.493 e. The molecular weight excluding hydrogens is 252 g/mol. The molecule has 0 aliphatic heterocycles. The summed E-state index contributed by atoms with van der Waals surface area (Å²) in [5.41, 5.74) is 1.87. The first-order valence-electron chi connectivity index (χ1n) is 5.41. The van der Waals surface area contributed by atoms with E-state index >= 15 is 0 Å². The standard InChI is InChI=1S/C13H13ClN2O2/c1-8-4-5-9(6-10(8)14)13(17)12-11(18-3)7-15-16(12)2/h4-7H,1-3H3. The largest absolute Gasteiger partial charge is 0.493 e. The van der Waals surface area contributed by atoms with Crippen LogP contribution in [0.5, 0.6) is 5.75 Å². The summed E-state index contributed by atoms with van der Waals surface area (Å²) in [6.45, 7) is 1.89. The average Bonchev–Trinajstić information content (AvgIpc) is 2.73. The van der Waals surface area contributed by atoms with Crippen molar-refractivity contribution in [2.75, 3.05) is 7.11 Å². The number of methoxy groups -OCH3 is 1. The second kappa shape index (κ2) is 4.82. The van der Waals surface area contributed by atoms with Crippen LogP contribution in [-0.4, -0.2) is 22.7 Å². The van der Waals surface area contributed by atoms with Crippen molar-refractivity contribution in [3.63, 3.8) is 0 Å². The molecule has 0 bridgehead atoms. The first-order chi connectivity index (χ1) is 8.54. The Balaban J connectivity index is 2.47. The lowest BCUT2D eigenvalue weighted by molar-refractivity contribution is 0.102. The van der Waals surface area contributed by atoms with E-state index < -0.39 is 0 Å². The number of benzene rings is 1. The molecule has 1 heterocycles. The zero-order valence-corrected chi connectivity index (χ0v) is 11.2. The number of rotatable bonds is 3. The number of aryl methyl sites for hydroxylation is 2. The minimum absolute atomic E-state index is 0.159. The summed E-state index contributed by atoms with van der Waals surface area (Å²) in [5, 5.41) is 4.58. The van der Waals surface area contributed by atoms with Gasteiger partial charge in [-0.25, -0.2) is 0 Å². The van der Waals surface area contributed by atoms with Crippen LogP contribution in [0.3, 0.4) is 0 Å². The lowest BCUT2D eigenvalue weighted by Crippen LogP contribution is -2.09. The van der Waals surface area contributed by atoms with Crippen molar-refractivity contribution >= 4 is 17.4 Å². The fraction of sp³-hybridized carbons (Fsp3) is 0.231. The van der Waals surface area contributed by atoms with E-state index in [1.807, 2.05) is 13.0 Å². The predicted octanol–water partition coefficient (Wildman–Crippen LogP) is 2.62. The summed E-state index contributed by atoms with van der Waals surface area (Å²) in [6.07, 6.45) is 1.52. The molecule has 0 fully saturated rings. The van der Waals surface area contributed by atoms with Crippen molar-refractivity contribution in [1.29, 1.82) is 0 Å². The summed E-state index contributed by atoms with van der Waals surface area (Å²) in [4.78, 5) is 12.4. The summed E-state index contributed by atoms with van der Waals surface area (Å²) in [5.74, 6) is 0.299. The van der Waals surface area contributed by atoms with Gasteiger partial charge in [0.25, 0.3) is 0 Å². The van der Waals surface area contributed by atoms with E-state index in [2.05, 4.69) is 5.10 Å². The van der Waals surface area contributed by atoms with Gasteiger partial charge in [0.15, 0.2) is 11.4 Å². The maximum absolute atomic E-state index is 12.4. The molecule has 0 spiro atoms. The zero-order chi connectivity index (χ0) is 13.3. The highest BCUT2D eigenvalue weighted by atomic mass is 35.5. The van der Waals surface area contributed by atoms with Crippen LogP contribution in [0.4, 0.5) is 0 Å². The molecule has 5 heteroatoms. The van der Waals surface area contributed by atoms with Gasteiger partial charge in [-0.3, -0.25) is 9.48 Å². The normalized spacial score (nSPS) is 10.4. The fourth-order valence-corrected chi connectivity index (χ4v) is 1.88. The lowest BCUT2D eigenvalue weighted by atomic mass is 10.1. The highest BCUT2D eigenvalue weighted by Gasteiger charge is 2.19. The maximum atomic E-state index is 12.4. The van der Waals surface area contributed by atoms with Crippen LogP contribution in [0.2, 0.25) is 5.02 Å². The van der Waals surface area contributed by atoms with Crippen LogP contribution < -0.4 is 4.74 Å². The SMILES string of the molecule is COc1cnn(C)c1C(=O)c1ccc(C)c(Cl)c1. The highest BCUT2D eigenvalue weighted by molar-refractivity contribution is 6.31. The van der Waals surface area contributed by atoms with Gasteiger partial charge < -0.3 is 4.74 Å². The quantitative estimate of drug-likeness (QED) is 0.801. The lowest BCUT2D eigenvalue weighted by Gasteiger charge is -2.06. The number of aromatic nitrogens is 2. The molecule has 0 saturated carbocycles. The Morgan fingerprint density at radius 3 is 2.78 bits per heavy atom. The molecule has 0 atom stereocenters. The summed E-state index contributed by atoms with van der Waals surface area (Å²) < 4.78 is 6.62. The molecule has 0 saturated heterocycles. The van der Waals surface area contributed by atoms with Gasteiger partial charge in [0, 0.05) is 17.6 Å². The van der Waals surface area contributed by atoms with Gasteiger partial charge in [0.05, 0.1) is 13.3 Å². The molecule has 0 aliphatic rings.